The molecule has 3 heterocycles. The summed E-state index contributed by atoms with van der Waals surface area (Å²) >= 11 is 6.33. The molecule has 2 aliphatic carbocycles. The number of nitrogens with one attached hydrogen (secondary N) is 1. The first kappa shape index (κ1) is 19.8. The van der Waals surface area contributed by atoms with Gasteiger partial charge in [-0.15, -0.1) is 11.8 Å². The summed E-state index contributed by atoms with van der Waals surface area (Å²) < 4.78 is 0.967. The number of hydrogen-bond donors (Lipinski definition) is 2. The average Bonchev–Trinajstić information content (AvgIpc) is 3.44. The highest BCUT2D eigenvalue weighted by Crippen LogP contribution is 2.68. The lowest BCUT2D eigenvalue weighted by atomic mass is 9.68. The molecule has 0 unspecified atom stereocenters. The second kappa shape index (κ2) is 6.79. The molecule has 2 aliphatic heterocycles. The van der Waals surface area contributed by atoms with E-state index in [1.54, 1.807) is 11.8 Å². The molecule has 2 N–H and O–H groups in total. The van der Waals surface area contributed by atoms with Crippen molar-refractivity contribution < 1.29 is 19.5 Å². The number of fused-ring (bicyclic) bond motifs is 9. The number of aromatic amines is 1. The number of thiazole rings is 1. The fourth-order valence-electron chi connectivity index (χ4n) is 6.41. The van der Waals surface area contributed by atoms with Crippen molar-refractivity contribution in [3.8, 4) is 0 Å². The van der Waals surface area contributed by atoms with Gasteiger partial charge in [-0.2, -0.15) is 0 Å². The SMILES string of the molecule is O=C(O)CN1C(=O)[C@H]2[C@H]3C[C@@H]([C@@H]2C1=O)[C@H]1[C@@H](c2ccc(Br)cc2)c2sc(=O)[nH]c2S[C@H]31. The molecule has 10 heteroatoms. The molecule has 31 heavy (non-hydrogen) atoms. The second-order valence-electron chi connectivity index (χ2n) is 8.67. The van der Waals surface area contributed by atoms with Crippen LogP contribution in [-0.2, 0) is 14.4 Å². The fraction of sp³-hybridized carbons (Fsp3) is 0.429. The number of likely N-dealkylation sites (tertiary alicyclic amines) is 1. The molecule has 3 fully saturated rings. The van der Waals surface area contributed by atoms with E-state index >= 15 is 0 Å². The molecule has 2 saturated carbocycles. The lowest BCUT2D eigenvalue weighted by molar-refractivity contribution is -0.149. The van der Waals surface area contributed by atoms with Crippen molar-refractivity contribution >= 4 is 56.8 Å². The predicted molar refractivity (Wildman–Crippen MR) is 117 cm³/mol. The molecule has 7 atom stereocenters. The monoisotopic (exact) mass is 520 g/mol. The molecule has 2 amide bonds. The van der Waals surface area contributed by atoms with Gasteiger partial charge in [-0.1, -0.05) is 39.4 Å². The number of imide groups is 1. The Bertz CT molecular complexity index is 1190. The first-order valence-electron chi connectivity index (χ1n) is 10.1. The van der Waals surface area contributed by atoms with Gasteiger partial charge in [-0.3, -0.25) is 24.1 Å². The van der Waals surface area contributed by atoms with Crippen LogP contribution in [0.5, 0.6) is 0 Å². The van der Waals surface area contributed by atoms with Crippen LogP contribution in [0.3, 0.4) is 0 Å². The number of carboxylic acids is 1. The summed E-state index contributed by atoms with van der Waals surface area (Å²) in [5.41, 5.74) is 1.10. The molecule has 2 aromatic rings. The van der Waals surface area contributed by atoms with Crippen molar-refractivity contribution in [2.75, 3.05) is 6.54 Å². The third kappa shape index (κ3) is 2.70. The van der Waals surface area contributed by atoms with Crippen molar-refractivity contribution in [3.63, 3.8) is 0 Å². The number of rotatable bonds is 3. The Morgan fingerprint density at radius 2 is 1.81 bits per heavy atom. The van der Waals surface area contributed by atoms with E-state index in [0.717, 1.165) is 31.3 Å². The molecule has 2 bridgehead atoms. The van der Waals surface area contributed by atoms with Gasteiger partial charge in [-0.05, 0) is 41.9 Å². The number of hydrogen-bond acceptors (Lipinski definition) is 6. The Labute approximate surface area is 193 Å². The van der Waals surface area contributed by atoms with Crippen LogP contribution in [0.1, 0.15) is 22.8 Å². The fourth-order valence-corrected chi connectivity index (χ4v) is 9.57. The molecule has 1 aromatic carbocycles. The van der Waals surface area contributed by atoms with Crippen LogP contribution < -0.4 is 4.87 Å². The van der Waals surface area contributed by atoms with Crippen molar-refractivity contribution in [1.82, 2.24) is 9.88 Å². The molecular formula is C21H17BrN2O5S2. The summed E-state index contributed by atoms with van der Waals surface area (Å²) in [6, 6.07) is 8.07. The van der Waals surface area contributed by atoms with Gasteiger partial charge in [0.25, 0.3) is 0 Å². The van der Waals surface area contributed by atoms with E-state index < -0.39 is 24.3 Å². The number of aromatic nitrogens is 1. The van der Waals surface area contributed by atoms with Crippen LogP contribution in [0, 0.1) is 29.6 Å². The van der Waals surface area contributed by atoms with Crippen molar-refractivity contribution in [3.05, 3.63) is 48.8 Å². The van der Waals surface area contributed by atoms with Gasteiger partial charge in [0.15, 0.2) is 0 Å². The summed E-state index contributed by atoms with van der Waals surface area (Å²) in [6.45, 7) is -0.566. The van der Waals surface area contributed by atoms with Gasteiger partial charge in [0, 0.05) is 20.5 Å². The molecule has 160 valence electrons. The number of nitrogens with zero attached hydrogens (tertiary/aromatic N) is 1. The third-order valence-electron chi connectivity index (χ3n) is 7.34. The Kier molecular flexibility index (Phi) is 4.33. The third-order valence-corrected chi connectivity index (χ3v) is 10.5. The van der Waals surface area contributed by atoms with Gasteiger partial charge in [0.2, 0.25) is 11.8 Å². The molecule has 6 rings (SSSR count). The molecule has 0 radical (unpaired) electrons. The van der Waals surface area contributed by atoms with Crippen LogP contribution in [-0.4, -0.2) is 44.6 Å². The van der Waals surface area contributed by atoms with Crippen LogP contribution in [0.2, 0.25) is 0 Å². The number of benzene rings is 1. The van der Waals surface area contributed by atoms with Crippen molar-refractivity contribution in [2.45, 2.75) is 22.6 Å². The van der Waals surface area contributed by atoms with Crippen LogP contribution in [0.15, 0.2) is 38.6 Å². The lowest BCUT2D eigenvalue weighted by Gasteiger charge is -2.43. The molecule has 4 aliphatic rings. The summed E-state index contributed by atoms with van der Waals surface area (Å²) in [7, 11) is 0. The number of carbonyl (C=O) groups excluding carboxylic acids is 2. The zero-order valence-corrected chi connectivity index (χ0v) is 19.2. The Morgan fingerprint density at radius 3 is 2.48 bits per heavy atom. The Hall–Kier alpha value is -1.91. The Morgan fingerprint density at radius 1 is 1.13 bits per heavy atom. The van der Waals surface area contributed by atoms with E-state index in [1.165, 1.54) is 11.3 Å². The molecule has 0 spiro atoms. The zero-order valence-electron chi connectivity index (χ0n) is 16.0. The minimum Gasteiger partial charge on any atom is -0.480 e. The first-order valence-corrected chi connectivity index (χ1v) is 12.6. The van der Waals surface area contributed by atoms with Gasteiger partial charge < -0.3 is 10.1 Å². The van der Waals surface area contributed by atoms with Gasteiger partial charge >= 0.3 is 10.8 Å². The maximum atomic E-state index is 13.1. The van der Waals surface area contributed by atoms with Gasteiger partial charge in [0.05, 0.1) is 16.9 Å². The topological polar surface area (TPSA) is 108 Å². The average molecular weight is 521 g/mol. The molecule has 7 nitrogen and oxygen atoms in total. The highest BCUT2D eigenvalue weighted by molar-refractivity contribution is 9.10. The van der Waals surface area contributed by atoms with E-state index in [-0.39, 0.29) is 45.6 Å². The quantitative estimate of drug-likeness (QED) is 0.602. The maximum absolute atomic E-state index is 13.1. The summed E-state index contributed by atoms with van der Waals surface area (Å²) in [6.07, 6.45) is 0.794. The van der Waals surface area contributed by atoms with E-state index in [0.29, 0.717) is 0 Å². The smallest absolute Gasteiger partial charge is 0.323 e. The highest BCUT2D eigenvalue weighted by atomic mass is 79.9. The van der Waals surface area contributed by atoms with Crippen LogP contribution in [0.4, 0.5) is 0 Å². The number of carbonyl (C=O) groups is 3. The normalized spacial score (nSPS) is 35.3. The minimum absolute atomic E-state index is 0.00161. The number of H-pyrrole nitrogens is 1. The standard InChI is InChI=1S/C21H17BrN2O5S2/c22-8-3-1-7(2-4-8)12-13-9-5-10(16(13)30-18-17(12)31-21(29)23-18)15-14(9)19(27)24(20(15)28)6-11(25)26/h1-4,9-10,12-16H,5-6H2,(H,23,29)(H,25,26)/t9-,10-,12-,13+,14+,15+,16-/m1/s1. The highest BCUT2D eigenvalue weighted by Gasteiger charge is 2.69. The predicted octanol–water partition coefficient (Wildman–Crippen LogP) is 2.76. The van der Waals surface area contributed by atoms with Crippen LogP contribution >= 0.6 is 39.0 Å². The van der Waals surface area contributed by atoms with Gasteiger partial charge in [0.1, 0.15) is 6.54 Å². The summed E-state index contributed by atoms with van der Waals surface area (Å²) in [4.78, 5) is 54.4. The minimum atomic E-state index is -1.17. The number of aliphatic carboxylic acids is 1. The zero-order chi connectivity index (χ0) is 21.6. The van der Waals surface area contributed by atoms with E-state index in [1.807, 2.05) is 12.1 Å². The summed E-state index contributed by atoms with van der Waals surface area (Å²) in [5, 5.41) is 10.1. The number of amides is 2. The Balaban J connectivity index is 1.45. The largest absolute Gasteiger partial charge is 0.480 e. The molecule has 1 saturated heterocycles. The maximum Gasteiger partial charge on any atom is 0.323 e. The second-order valence-corrected chi connectivity index (χ2v) is 11.8. The van der Waals surface area contributed by atoms with Gasteiger partial charge in [-0.25, -0.2) is 0 Å². The van der Waals surface area contributed by atoms with Crippen LogP contribution in [0.25, 0.3) is 0 Å². The molecular weight excluding hydrogens is 504 g/mol. The number of thioether (sulfide) groups is 1. The summed E-state index contributed by atoms with van der Waals surface area (Å²) in [5.74, 6) is -2.63. The van der Waals surface area contributed by atoms with E-state index in [4.69, 9.17) is 5.11 Å². The lowest BCUT2D eigenvalue weighted by Crippen LogP contribution is -2.42. The van der Waals surface area contributed by atoms with Crippen molar-refractivity contribution in [1.29, 1.82) is 0 Å². The van der Waals surface area contributed by atoms with E-state index in [2.05, 4.69) is 33.0 Å². The van der Waals surface area contributed by atoms with E-state index in [9.17, 15) is 19.2 Å². The van der Waals surface area contributed by atoms with Crippen molar-refractivity contribution in [2.24, 2.45) is 29.6 Å². The number of carboxylic acid groups (broad SMARTS) is 1. The molecule has 1 aromatic heterocycles. The first-order chi connectivity index (χ1) is 14.8. The number of halogens is 1.